The summed E-state index contributed by atoms with van der Waals surface area (Å²) in [6.45, 7) is 5.83. The van der Waals surface area contributed by atoms with Crippen LogP contribution in [0.5, 0.6) is 0 Å². The van der Waals surface area contributed by atoms with Crippen LogP contribution >= 0.6 is 0 Å². The molecule has 1 atom stereocenters. The summed E-state index contributed by atoms with van der Waals surface area (Å²) >= 11 is 0. The highest BCUT2D eigenvalue weighted by Gasteiger charge is 2.40. The molecule has 1 aliphatic heterocycles. The summed E-state index contributed by atoms with van der Waals surface area (Å²) in [6.07, 6.45) is 4.19. The number of carbonyl (C=O) groups is 1. The molecule has 2 heterocycles. The Hall–Kier alpha value is -2.00. The average Bonchev–Trinajstić information content (AvgIpc) is 2.87. The molecule has 0 saturated carbocycles. The molecule has 0 N–H and O–H groups in total. The molecule has 1 amide bonds. The van der Waals surface area contributed by atoms with Crippen LogP contribution in [0.4, 0.5) is 0 Å². The third kappa shape index (κ3) is 2.78. The molecule has 0 radical (unpaired) electrons. The van der Waals surface area contributed by atoms with Crippen molar-refractivity contribution in [3.05, 3.63) is 23.8 Å². The van der Waals surface area contributed by atoms with E-state index < -0.39 is 5.41 Å². The van der Waals surface area contributed by atoms with Gasteiger partial charge in [0, 0.05) is 19.0 Å². The van der Waals surface area contributed by atoms with Crippen molar-refractivity contribution in [2.45, 2.75) is 39.7 Å². The lowest BCUT2D eigenvalue weighted by Gasteiger charge is -2.29. The Morgan fingerprint density at radius 3 is 2.90 bits per heavy atom. The first-order valence-electron chi connectivity index (χ1n) is 6.58. The van der Waals surface area contributed by atoms with E-state index in [9.17, 15) is 4.79 Å². The highest BCUT2D eigenvalue weighted by atomic mass is 16.7. The van der Waals surface area contributed by atoms with Crippen molar-refractivity contribution in [3.8, 4) is 6.07 Å². The minimum absolute atomic E-state index is 0.151. The van der Waals surface area contributed by atoms with E-state index in [4.69, 9.17) is 10.1 Å². The summed E-state index contributed by atoms with van der Waals surface area (Å²) < 4.78 is 0. The van der Waals surface area contributed by atoms with E-state index in [1.165, 1.54) is 5.06 Å². The van der Waals surface area contributed by atoms with Crippen LogP contribution in [0.25, 0.3) is 0 Å². The van der Waals surface area contributed by atoms with Crippen molar-refractivity contribution in [2.24, 2.45) is 5.41 Å². The van der Waals surface area contributed by atoms with Gasteiger partial charge >= 0.3 is 0 Å². The van der Waals surface area contributed by atoms with Gasteiger partial charge in [0.1, 0.15) is 6.04 Å². The molecule has 1 aromatic heterocycles. The first-order valence-corrected chi connectivity index (χ1v) is 6.58. The number of hydrogen-bond donors (Lipinski definition) is 0. The molecule has 1 aliphatic rings. The topological polar surface area (TPSA) is 79.1 Å². The third-order valence-corrected chi connectivity index (χ3v) is 3.35. The Morgan fingerprint density at radius 2 is 2.30 bits per heavy atom. The lowest BCUT2D eigenvalue weighted by molar-refractivity contribution is -0.187. The minimum atomic E-state index is -0.768. The molecule has 2 rings (SSSR count). The molecule has 0 aromatic carbocycles. The predicted octanol–water partition coefficient (Wildman–Crippen LogP) is 1.93. The van der Waals surface area contributed by atoms with Gasteiger partial charge in [0.15, 0.2) is 0 Å². The fourth-order valence-electron chi connectivity index (χ4n) is 2.08. The molecule has 0 spiro atoms. The van der Waals surface area contributed by atoms with Crippen LogP contribution in [0.1, 0.15) is 44.1 Å². The first kappa shape index (κ1) is 14.4. The van der Waals surface area contributed by atoms with Crippen molar-refractivity contribution in [1.29, 1.82) is 5.26 Å². The van der Waals surface area contributed by atoms with Crippen molar-refractivity contribution in [1.82, 2.24) is 15.0 Å². The zero-order chi connectivity index (χ0) is 14.8. The van der Waals surface area contributed by atoms with Crippen LogP contribution in [0.3, 0.4) is 0 Å². The van der Waals surface area contributed by atoms with Crippen LogP contribution in [0.2, 0.25) is 0 Å². The van der Waals surface area contributed by atoms with Crippen molar-refractivity contribution < 1.29 is 9.63 Å². The summed E-state index contributed by atoms with van der Waals surface area (Å²) in [5.74, 6) is -0.191. The third-order valence-electron chi connectivity index (χ3n) is 3.35. The van der Waals surface area contributed by atoms with E-state index in [2.05, 4.69) is 9.97 Å². The smallest absolute Gasteiger partial charge is 0.253 e. The molecule has 6 nitrogen and oxygen atoms in total. The van der Waals surface area contributed by atoms with Gasteiger partial charge in [0.2, 0.25) is 0 Å². The van der Waals surface area contributed by atoms with Crippen LogP contribution in [0, 0.1) is 23.7 Å². The van der Waals surface area contributed by atoms with Gasteiger partial charge in [-0.15, -0.1) is 0 Å². The maximum Gasteiger partial charge on any atom is 0.253 e. The maximum atomic E-state index is 12.5. The van der Waals surface area contributed by atoms with Crippen molar-refractivity contribution in [3.63, 3.8) is 0 Å². The molecule has 20 heavy (non-hydrogen) atoms. The van der Waals surface area contributed by atoms with Crippen LogP contribution in [0.15, 0.2) is 12.4 Å². The molecular weight excluding hydrogens is 256 g/mol. The Kier molecular flexibility index (Phi) is 4.00. The van der Waals surface area contributed by atoms with Gasteiger partial charge in [-0.25, -0.2) is 5.06 Å². The average molecular weight is 274 g/mol. The van der Waals surface area contributed by atoms with Crippen LogP contribution in [-0.2, 0) is 9.63 Å². The van der Waals surface area contributed by atoms with Gasteiger partial charge in [0.05, 0.1) is 35.7 Å². The van der Waals surface area contributed by atoms with E-state index in [-0.39, 0.29) is 18.4 Å². The minimum Gasteiger partial charge on any atom is -0.272 e. The molecule has 0 aliphatic carbocycles. The molecule has 1 aromatic rings. The second-order valence-corrected chi connectivity index (χ2v) is 5.57. The summed E-state index contributed by atoms with van der Waals surface area (Å²) in [7, 11) is 0. The molecule has 1 fully saturated rings. The molecule has 106 valence electrons. The monoisotopic (exact) mass is 274 g/mol. The number of rotatable bonds is 3. The number of hydroxylamine groups is 2. The second-order valence-electron chi connectivity index (χ2n) is 5.57. The normalized spacial score (nSPS) is 18.9. The van der Waals surface area contributed by atoms with Crippen molar-refractivity contribution >= 4 is 5.91 Å². The highest BCUT2D eigenvalue weighted by molar-refractivity contribution is 5.81. The Balaban J connectivity index is 2.21. The molecule has 6 heteroatoms. The summed E-state index contributed by atoms with van der Waals surface area (Å²) in [5, 5.41) is 10.2. The Labute approximate surface area is 118 Å². The van der Waals surface area contributed by atoms with E-state index >= 15 is 0 Å². The van der Waals surface area contributed by atoms with Gasteiger partial charge in [0.25, 0.3) is 5.91 Å². The number of nitrogens with zero attached hydrogens (tertiary/aromatic N) is 4. The number of carbonyl (C=O) groups excluding carboxylic acids is 1. The van der Waals surface area contributed by atoms with E-state index in [1.807, 2.05) is 13.0 Å². The molecule has 0 unspecified atom stereocenters. The first-order chi connectivity index (χ1) is 9.45. The standard InChI is InChI=1S/C14H18N4O2/c1-10-8-17-11(9-16-10)12-4-7-20-18(12)13(19)14(2,3)5-6-15/h8-9,12H,4-5,7H2,1-3H3/t12-/m0/s1. The van der Waals surface area contributed by atoms with E-state index in [0.717, 1.165) is 5.69 Å². The number of amides is 1. The quantitative estimate of drug-likeness (QED) is 0.841. The van der Waals surface area contributed by atoms with Crippen LogP contribution in [-0.4, -0.2) is 27.5 Å². The molecule has 0 bridgehead atoms. The fourth-order valence-corrected chi connectivity index (χ4v) is 2.08. The molecule has 1 saturated heterocycles. The number of hydrogen-bond acceptors (Lipinski definition) is 5. The van der Waals surface area contributed by atoms with Crippen LogP contribution < -0.4 is 0 Å². The zero-order valence-corrected chi connectivity index (χ0v) is 12.0. The van der Waals surface area contributed by atoms with Gasteiger partial charge in [-0.3, -0.25) is 19.6 Å². The van der Waals surface area contributed by atoms with Gasteiger partial charge in [-0.1, -0.05) is 0 Å². The number of aryl methyl sites for hydroxylation is 1. The SMILES string of the molecule is Cc1cnc([C@@H]2CCON2C(=O)C(C)(C)CC#N)cn1. The summed E-state index contributed by atoms with van der Waals surface area (Å²) in [4.78, 5) is 26.5. The summed E-state index contributed by atoms with van der Waals surface area (Å²) in [5.41, 5.74) is 0.778. The van der Waals surface area contributed by atoms with Gasteiger partial charge in [-0.2, -0.15) is 5.26 Å². The Morgan fingerprint density at radius 1 is 1.55 bits per heavy atom. The van der Waals surface area contributed by atoms with E-state index in [0.29, 0.717) is 18.7 Å². The predicted molar refractivity (Wildman–Crippen MR) is 70.9 cm³/mol. The maximum absolute atomic E-state index is 12.5. The highest BCUT2D eigenvalue weighted by Crippen LogP contribution is 2.34. The molecular formula is C14H18N4O2. The fraction of sp³-hybridized carbons (Fsp3) is 0.571. The second kappa shape index (κ2) is 5.55. The lowest BCUT2D eigenvalue weighted by atomic mass is 9.88. The summed E-state index contributed by atoms with van der Waals surface area (Å²) in [6, 6.07) is 1.82. The lowest BCUT2D eigenvalue weighted by Crippen LogP contribution is -2.40. The number of aromatic nitrogens is 2. The largest absolute Gasteiger partial charge is 0.272 e. The van der Waals surface area contributed by atoms with Crippen molar-refractivity contribution in [2.75, 3.05) is 6.61 Å². The zero-order valence-electron chi connectivity index (χ0n) is 12.0. The van der Waals surface area contributed by atoms with Gasteiger partial charge in [-0.05, 0) is 20.8 Å². The van der Waals surface area contributed by atoms with E-state index in [1.54, 1.807) is 26.2 Å². The number of nitriles is 1. The van der Waals surface area contributed by atoms with Gasteiger partial charge < -0.3 is 0 Å². The Bertz CT molecular complexity index is 533.